The largest absolute Gasteiger partial charge is 0.343 e. The molecule has 0 saturated heterocycles. The minimum absolute atomic E-state index is 0.0163. The predicted octanol–water partition coefficient (Wildman–Crippen LogP) is 0.656. The van der Waals surface area contributed by atoms with Gasteiger partial charge >= 0.3 is 0 Å². The molecule has 0 aromatic heterocycles. The van der Waals surface area contributed by atoms with Crippen molar-refractivity contribution >= 4 is 11.7 Å². The van der Waals surface area contributed by atoms with E-state index in [1.807, 2.05) is 0 Å². The molecule has 1 aliphatic carbocycles. The molecule has 12 heavy (non-hydrogen) atoms. The number of carbonyl (C=O) groups excluding carboxylic acids is 2. The SMILES string of the molecule is C=CC1CC1(NC(C)=O)C(C)=O. The van der Waals surface area contributed by atoms with Crippen molar-refractivity contribution in [1.82, 2.24) is 5.32 Å². The Morgan fingerprint density at radius 3 is 2.42 bits per heavy atom. The number of Topliss-reactive ketones (excluding diaryl/α,β-unsaturated/α-hetero) is 1. The van der Waals surface area contributed by atoms with Crippen LogP contribution in [0, 0.1) is 5.92 Å². The summed E-state index contributed by atoms with van der Waals surface area (Å²) < 4.78 is 0. The second-order valence-corrected chi connectivity index (χ2v) is 3.26. The van der Waals surface area contributed by atoms with Crippen molar-refractivity contribution in [3.63, 3.8) is 0 Å². The lowest BCUT2D eigenvalue weighted by molar-refractivity contribution is -0.126. The van der Waals surface area contributed by atoms with Gasteiger partial charge in [-0.2, -0.15) is 0 Å². The van der Waals surface area contributed by atoms with E-state index in [2.05, 4.69) is 11.9 Å². The average Bonchev–Trinajstić information content (AvgIpc) is 2.62. The average molecular weight is 167 g/mol. The Balaban J connectivity index is 2.71. The van der Waals surface area contributed by atoms with E-state index in [1.165, 1.54) is 13.8 Å². The molecule has 1 saturated carbocycles. The van der Waals surface area contributed by atoms with E-state index >= 15 is 0 Å². The van der Waals surface area contributed by atoms with Gasteiger partial charge in [0.1, 0.15) is 5.54 Å². The predicted molar refractivity (Wildman–Crippen MR) is 45.5 cm³/mol. The molecule has 0 aliphatic heterocycles. The monoisotopic (exact) mass is 167 g/mol. The molecule has 3 nitrogen and oxygen atoms in total. The Morgan fingerprint density at radius 2 is 2.17 bits per heavy atom. The zero-order chi connectivity index (χ0) is 9.35. The Labute approximate surface area is 71.8 Å². The molecule has 0 spiro atoms. The summed E-state index contributed by atoms with van der Waals surface area (Å²) >= 11 is 0. The van der Waals surface area contributed by atoms with Crippen molar-refractivity contribution in [2.24, 2.45) is 5.92 Å². The van der Waals surface area contributed by atoms with Gasteiger partial charge in [-0.3, -0.25) is 9.59 Å². The van der Waals surface area contributed by atoms with Crippen LogP contribution < -0.4 is 5.32 Å². The maximum absolute atomic E-state index is 11.2. The molecule has 0 aromatic rings. The fourth-order valence-electron chi connectivity index (χ4n) is 1.52. The molecule has 2 atom stereocenters. The Bertz CT molecular complexity index is 247. The molecule has 66 valence electrons. The molecule has 1 N–H and O–H groups in total. The van der Waals surface area contributed by atoms with Gasteiger partial charge in [0, 0.05) is 12.8 Å². The van der Waals surface area contributed by atoms with Crippen molar-refractivity contribution in [3.05, 3.63) is 12.7 Å². The van der Waals surface area contributed by atoms with Gasteiger partial charge in [-0.25, -0.2) is 0 Å². The highest BCUT2D eigenvalue weighted by molar-refractivity contribution is 5.94. The minimum atomic E-state index is -0.617. The third-order valence-electron chi connectivity index (χ3n) is 2.33. The lowest BCUT2D eigenvalue weighted by atomic mass is 10.1. The van der Waals surface area contributed by atoms with Crippen molar-refractivity contribution in [1.29, 1.82) is 0 Å². The van der Waals surface area contributed by atoms with Crippen LogP contribution in [0.4, 0.5) is 0 Å². The first kappa shape index (κ1) is 8.97. The number of hydrogen-bond donors (Lipinski definition) is 1. The van der Waals surface area contributed by atoms with E-state index in [-0.39, 0.29) is 17.6 Å². The number of hydrogen-bond acceptors (Lipinski definition) is 2. The van der Waals surface area contributed by atoms with E-state index in [0.29, 0.717) is 6.42 Å². The van der Waals surface area contributed by atoms with Gasteiger partial charge < -0.3 is 5.32 Å². The summed E-state index contributed by atoms with van der Waals surface area (Å²) in [4.78, 5) is 21.9. The second-order valence-electron chi connectivity index (χ2n) is 3.26. The number of rotatable bonds is 3. The molecule has 0 heterocycles. The lowest BCUT2D eigenvalue weighted by Gasteiger charge is -2.13. The van der Waals surface area contributed by atoms with Crippen molar-refractivity contribution in [2.75, 3.05) is 0 Å². The fourth-order valence-corrected chi connectivity index (χ4v) is 1.52. The molecule has 1 aliphatic rings. The number of amides is 1. The van der Waals surface area contributed by atoms with Crippen LogP contribution in [-0.2, 0) is 9.59 Å². The molecule has 1 fully saturated rings. The van der Waals surface area contributed by atoms with E-state index in [1.54, 1.807) is 6.08 Å². The zero-order valence-corrected chi connectivity index (χ0v) is 7.39. The van der Waals surface area contributed by atoms with Crippen LogP contribution in [0.15, 0.2) is 12.7 Å². The van der Waals surface area contributed by atoms with Crippen LogP contribution >= 0.6 is 0 Å². The first-order valence-electron chi connectivity index (χ1n) is 3.95. The highest BCUT2D eigenvalue weighted by Crippen LogP contribution is 2.44. The number of carbonyl (C=O) groups is 2. The van der Waals surface area contributed by atoms with E-state index in [9.17, 15) is 9.59 Å². The molecule has 0 aromatic carbocycles. The number of nitrogens with one attached hydrogen (secondary N) is 1. The quantitative estimate of drug-likeness (QED) is 0.627. The standard InChI is InChI=1S/C9H13NO2/c1-4-8-5-9(8,6(2)11)10-7(3)12/h4,8H,1,5H2,2-3H3,(H,10,12). The second kappa shape index (κ2) is 2.73. The van der Waals surface area contributed by atoms with Crippen molar-refractivity contribution in [3.8, 4) is 0 Å². The van der Waals surface area contributed by atoms with Gasteiger partial charge in [-0.05, 0) is 13.3 Å². The highest BCUT2D eigenvalue weighted by Gasteiger charge is 2.57. The van der Waals surface area contributed by atoms with Gasteiger partial charge in [-0.15, -0.1) is 6.58 Å². The van der Waals surface area contributed by atoms with Crippen LogP contribution in [-0.4, -0.2) is 17.2 Å². The van der Waals surface area contributed by atoms with Crippen LogP contribution in [0.3, 0.4) is 0 Å². The van der Waals surface area contributed by atoms with Crippen LogP contribution in [0.25, 0.3) is 0 Å². The zero-order valence-electron chi connectivity index (χ0n) is 7.39. The Morgan fingerprint density at radius 1 is 1.58 bits per heavy atom. The minimum Gasteiger partial charge on any atom is -0.343 e. The summed E-state index contributed by atoms with van der Waals surface area (Å²) in [6, 6.07) is 0. The summed E-state index contributed by atoms with van der Waals surface area (Å²) in [6.07, 6.45) is 2.42. The normalized spacial score (nSPS) is 32.3. The Hall–Kier alpha value is -1.12. The van der Waals surface area contributed by atoms with E-state index in [0.717, 1.165) is 0 Å². The summed E-state index contributed by atoms with van der Waals surface area (Å²) in [5, 5.41) is 2.67. The molecule has 3 heteroatoms. The van der Waals surface area contributed by atoms with Gasteiger partial charge in [0.25, 0.3) is 0 Å². The molecule has 0 radical (unpaired) electrons. The highest BCUT2D eigenvalue weighted by atomic mass is 16.2. The first-order valence-corrected chi connectivity index (χ1v) is 3.95. The maximum atomic E-state index is 11.2. The molecule has 0 bridgehead atoms. The summed E-state index contributed by atoms with van der Waals surface area (Å²) in [6.45, 7) is 6.52. The van der Waals surface area contributed by atoms with E-state index in [4.69, 9.17) is 0 Å². The van der Waals surface area contributed by atoms with E-state index < -0.39 is 5.54 Å². The topological polar surface area (TPSA) is 46.2 Å². The van der Waals surface area contributed by atoms with Gasteiger partial charge in [0.15, 0.2) is 5.78 Å². The molecular weight excluding hydrogens is 154 g/mol. The smallest absolute Gasteiger partial charge is 0.217 e. The fraction of sp³-hybridized carbons (Fsp3) is 0.556. The van der Waals surface area contributed by atoms with Gasteiger partial charge in [-0.1, -0.05) is 6.08 Å². The lowest BCUT2D eigenvalue weighted by Crippen LogP contribution is -2.42. The maximum Gasteiger partial charge on any atom is 0.217 e. The van der Waals surface area contributed by atoms with Crippen LogP contribution in [0.2, 0.25) is 0 Å². The van der Waals surface area contributed by atoms with Crippen LogP contribution in [0.5, 0.6) is 0 Å². The molecular formula is C9H13NO2. The van der Waals surface area contributed by atoms with Gasteiger partial charge in [0.2, 0.25) is 5.91 Å². The summed E-state index contributed by atoms with van der Waals surface area (Å²) in [5.74, 6) is -0.0175. The third-order valence-corrected chi connectivity index (χ3v) is 2.33. The van der Waals surface area contributed by atoms with Crippen LogP contribution in [0.1, 0.15) is 20.3 Å². The van der Waals surface area contributed by atoms with Crippen molar-refractivity contribution < 1.29 is 9.59 Å². The first-order chi connectivity index (χ1) is 5.53. The Kier molecular flexibility index (Phi) is 2.04. The van der Waals surface area contributed by atoms with Gasteiger partial charge in [0.05, 0.1) is 0 Å². The summed E-state index contributed by atoms with van der Waals surface area (Å²) in [7, 11) is 0. The molecule has 1 amide bonds. The van der Waals surface area contributed by atoms with Crippen molar-refractivity contribution in [2.45, 2.75) is 25.8 Å². The molecule has 1 rings (SSSR count). The molecule has 2 unspecified atom stereocenters. The number of ketones is 1. The summed E-state index contributed by atoms with van der Waals surface area (Å²) in [5.41, 5.74) is -0.617. The third kappa shape index (κ3) is 1.26.